The van der Waals surface area contributed by atoms with Crippen molar-refractivity contribution in [2.45, 2.75) is 38.7 Å². The normalized spacial score (nSPS) is 16.1. The van der Waals surface area contributed by atoms with Crippen molar-refractivity contribution < 1.29 is 9.84 Å². The number of aryl methyl sites for hydroxylation is 1. The highest BCUT2D eigenvalue weighted by Crippen LogP contribution is 2.33. The van der Waals surface area contributed by atoms with Gasteiger partial charge in [0.2, 0.25) is 0 Å². The van der Waals surface area contributed by atoms with E-state index in [0.717, 1.165) is 28.8 Å². The summed E-state index contributed by atoms with van der Waals surface area (Å²) < 4.78 is 5.56. The summed E-state index contributed by atoms with van der Waals surface area (Å²) in [5.74, 6) is 1.73. The second-order valence-corrected chi connectivity index (χ2v) is 6.07. The summed E-state index contributed by atoms with van der Waals surface area (Å²) >= 11 is 5.95. The zero-order chi connectivity index (χ0) is 14.4. The molecule has 3 nitrogen and oxygen atoms in total. The van der Waals surface area contributed by atoms with Crippen LogP contribution in [0.1, 0.15) is 31.2 Å². The van der Waals surface area contributed by atoms with Crippen molar-refractivity contribution >= 4 is 11.6 Å². The van der Waals surface area contributed by atoms with Crippen LogP contribution in [0.15, 0.2) is 18.2 Å². The molecule has 1 saturated carbocycles. The molecule has 0 radical (unpaired) electrons. The summed E-state index contributed by atoms with van der Waals surface area (Å²) in [6, 6.07) is 5.53. The second kappa shape index (κ2) is 7.87. The predicted molar refractivity (Wildman–Crippen MR) is 82.5 cm³/mol. The Hall–Kier alpha value is -0.770. The maximum Gasteiger partial charge on any atom is 0.119 e. The fourth-order valence-corrected chi connectivity index (χ4v) is 2.27. The van der Waals surface area contributed by atoms with E-state index < -0.39 is 6.10 Å². The number of hydrogen-bond acceptors (Lipinski definition) is 3. The molecule has 0 amide bonds. The number of benzene rings is 1. The third-order valence-electron chi connectivity index (χ3n) is 3.61. The number of aliphatic hydroxyl groups is 1. The Morgan fingerprint density at radius 3 is 2.95 bits per heavy atom. The molecule has 0 heterocycles. The standard InChI is InChI=1S/C16H24ClNO2/c1-12-9-15(6-7-16(12)17)20-11-14(19)10-18-8-2-3-13-4-5-13/h6-7,9,13-14,18-19H,2-5,8,10-11H2,1H3. The van der Waals surface area contributed by atoms with Crippen molar-refractivity contribution in [2.24, 2.45) is 5.92 Å². The molecule has 1 aliphatic carbocycles. The largest absolute Gasteiger partial charge is 0.491 e. The lowest BCUT2D eigenvalue weighted by molar-refractivity contribution is 0.106. The molecule has 1 atom stereocenters. The van der Waals surface area contributed by atoms with Crippen LogP contribution >= 0.6 is 11.6 Å². The van der Waals surface area contributed by atoms with Crippen LogP contribution in [0.3, 0.4) is 0 Å². The summed E-state index contributed by atoms with van der Waals surface area (Å²) in [4.78, 5) is 0. The quantitative estimate of drug-likeness (QED) is 0.688. The van der Waals surface area contributed by atoms with Gasteiger partial charge in [0.05, 0.1) is 0 Å². The lowest BCUT2D eigenvalue weighted by Gasteiger charge is -2.13. The number of halogens is 1. The molecule has 2 rings (SSSR count). The Morgan fingerprint density at radius 1 is 1.45 bits per heavy atom. The Bertz CT molecular complexity index is 421. The van der Waals surface area contributed by atoms with E-state index in [1.165, 1.54) is 25.7 Å². The first kappa shape index (κ1) is 15.6. The molecular formula is C16H24ClNO2. The summed E-state index contributed by atoms with van der Waals surface area (Å²) in [6.07, 6.45) is 4.87. The molecule has 1 fully saturated rings. The van der Waals surface area contributed by atoms with Crippen LogP contribution in [-0.4, -0.2) is 30.9 Å². The van der Waals surface area contributed by atoms with Gasteiger partial charge < -0.3 is 15.2 Å². The zero-order valence-electron chi connectivity index (χ0n) is 12.1. The average molecular weight is 298 g/mol. The number of ether oxygens (including phenoxy) is 1. The minimum Gasteiger partial charge on any atom is -0.491 e. The van der Waals surface area contributed by atoms with E-state index in [9.17, 15) is 5.11 Å². The van der Waals surface area contributed by atoms with Gasteiger partial charge in [-0.15, -0.1) is 0 Å². The molecule has 1 aromatic carbocycles. The van der Waals surface area contributed by atoms with E-state index in [2.05, 4.69) is 5.32 Å². The molecule has 20 heavy (non-hydrogen) atoms. The van der Waals surface area contributed by atoms with Crippen LogP contribution < -0.4 is 10.1 Å². The molecule has 4 heteroatoms. The van der Waals surface area contributed by atoms with Gasteiger partial charge in [0.15, 0.2) is 0 Å². The van der Waals surface area contributed by atoms with E-state index >= 15 is 0 Å². The van der Waals surface area contributed by atoms with Gasteiger partial charge in [0.1, 0.15) is 18.5 Å². The van der Waals surface area contributed by atoms with Crippen molar-refractivity contribution in [3.8, 4) is 5.75 Å². The fourth-order valence-electron chi connectivity index (χ4n) is 2.15. The minimum atomic E-state index is -0.480. The molecule has 112 valence electrons. The third-order valence-corrected chi connectivity index (χ3v) is 4.04. The molecule has 0 bridgehead atoms. The molecule has 0 spiro atoms. The van der Waals surface area contributed by atoms with Gasteiger partial charge in [-0.1, -0.05) is 24.4 Å². The van der Waals surface area contributed by atoms with Gasteiger partial charge in [-0.3, -0.25) is 0 Å². The predicted octanol–water partition coefficient (Wildman–Crippen LogP) is 3.17. The number of aliphatic hydroxyl groups excluding tert-OH is 1. The Labute approximate surface area is 126 Å². The molecule has 2 N–H and O–H groups in total. The van der Waals surface area contributed by atoms with E-state index in [4.69, 9.17) is 16.3 Å². The van der Waals surface area contributed by atoms with Crippen molar-refractivity contribution in [3.63, 3.8) is 0 Å². The van der Waals surface area contributed by atoms with Gasteiger partial charge in [0, 0.05) is 11.6 Å². The lowest BCUT2D eigenvalue weighted by Crippen LogP contribution is -2.32. The number of nitrogens with one attached hydrogen (secondary N) is 1. The molecule has 1 aromatic rings. The number of rotatable bonds is 9. The number of hydrogen-bond donors (Lipinski definition) is 2. The smallest absolute Gasteiger partial charge is 0.119 e. The van der Waals surface area contributed by atoms with Gasteiger partial charge >= 0.3 is 0 Å². The van der Waals surface area contributed by atoms with Crippen LogP contribution in [-0.2, 0) is 0 Å². The summed E-state index contributed by atoms with van der Waals surface area (Å²) in [5, 5.41) is 13.8. The van der Waals surface area contributed by atoms with Gasteiger partial charge in [0.25, 0.3) is 0 Å². The highest BCUT2D eigenvalue weighted by atomic mass is 35.5. The maximum absolute atomic E-state index is 9.84. The van der Waals surface area contributed by atoms with E-state index in [0.29, 0.717) is 13.2 Å². The highest BCUT2D eigenvalue weighted by Gasteiger charge is 2.19. The van der Waals surface area contributed by atoms with E-state index in [-0.39, 0.29) is 0 Å². The highest BCUT2D eigenvalue weighted by molar-refractivity contribution is 6.31. The van der Waals surface area contributed by atoms with E-state index in [1.54, 1.807) is 0 Å². The minimum absolute atomic E-state index is 0.302. The first-order chi connectivity index (χ1) is 9.65. The van der Waals surface area contributed by atoms with Crippen molar-refractivity contribution in [3.05, 3.63) is 28.8 Å². The third kappa shape index (κ3) is 5.70. The first-order valence-corrected chi connectivity index (χ1v) is 7.80. The lowest BCUT2D eigenvalue weighted by atomic mass is 10.2. The van der Waals surface area contributed by atoms with Gasteiger partial charge in [-0.25, -0.2) is 0 Å². The van der Waals surface area contributed by atoms with Crippen LogP contribution in [0.25, 0.3) is 0 Å². The maximum atomic E-state index is 9.84. The fraction of sp³-hybridized carbons (Fsp3) is 0.625. The summed E-state index contributed by atoms with van der Waals surface area (Å²) in [5.41, 5.74) is 0.983. The monoisotopic (exact) mass is 297 g/mol. The second-order valence-electron chi connectivity index (χ2n) is 5.67. The summed E-state index contributed by atoms with van der Waals surface area (Å²) in [7, 11) is 0. The first-order valence-electron chi connectivity index (χ1n) is 7.43. The molecule has 0 aliphatic heterocycles. The Kier molecular flexibility index (Phi) is 6.14. The van der Waals surface area contributed by atoms with Crippen molar-refractivity contribution in [1.82, 2.24) is 5.32 Å². The molecule has 0 aromatic heterocycles. The van der Waals surface area contributed by atoms with Gasteiger partial charge in [-0.05, 0) is 56.0 Å². The summed E-state index contributed by atoms with van der Waals surface area (Å²) in [6.45, 7) is 3.80. The molecule has 1 unspecified atom stereocenters. The van der Waals surface area contributed by atoms with Crippen LogP contribution in [0.2, 0.25) is 5.02 Å². The van der Waals surface area contributed by atoms with Crippen LogP contribution in [0, 0.1) is 12.8 Å². The molecule has 0 saturated heterocycles. The van der Waals surface area contributed by atoms with E-state index in [1.807, 2.05) is 25.1 Å². The van der Waals surface area contributed by atoms with Crippen molar-refractivity contribution in [1.29, 1.82) is 0 Å². The SMILES string of the molecule is Cc1cc(OCC(O)CNCCCC2CC2)ccc1Cl. The van der Waals surface area contributed by atoms with Crippen molar-refractivity contribution in [2.75, 3.05) is 19.7 Å². The molecule has 1 aliphatic rings. The zero-order valence-corrected chi connectivity index (χ0v) is 12.8. The average Bonchev–Trinajstić information content (AvgIpc) is 3.24. The van der Waals surface area contributed by atoms with Crippen LogP contribution in [0.4, 0.5) is 0 Å². The Balaban J connectivity index is 1.56. The topological polar surface area (TPSA) is 41.5 Å². The van der Waals surface area contributed by atoms with Crippen LogP contribution in [0.5, 0.6) is 5.75 Å². The van der Waals surface area contributed by atoms with Gasteiger partial charge in [-0.2, -0.15) is 0 Å². The Morgan fingerprint density at radius 2 is 2.25 bits per heavy atom. The molecular weight excluding hydrogens is 274 g/mol.